The largest absolute Gasteiger partial charge is 0.497 e. The number of urea groups is 1. The molecule has 0 fully saturated rings. The summed E-state index contributed by atoms with van der Waals surface area (Å²) in [6.45, 7) is 3.98. The van der Waals surface area contributed by atoms with Gasteiger partial charge in [0.15, 0.2) is 0 Å². The van der Waals surface area contributed by atoms with Gasteiger partial charge in [-0.25, -0.2) is 9.59 Å². The average Bonchev–Trinajstić information content (AvgIpc) is 3.33. The van der Waals surface area contributed by atoms with Crippen LogP contribution >= 0.6 is 0 Å². The van der Waals surface area contributed by atoms with E-state index in [0.717, 1.165) is 24.0 Å². The SMILES string of the molecule is CCOC(=O)C1=C(CN2CC=C(c3c[nH]c4ccccc34)CC2)NC(=O)N[C@H]1c1ccc(OC)cc1. The number of H-pyrrole nitrogens is 1. The molecule has 36 heavy (non-hydrogen) atoms. The van der Waals surface area contributed by atoms with Crippen LogP contribution in [0.2, 0.25) is 0 Å². The summed E-state index contributed by atoms with van der Waals surface area (Å²) < 4.78 is 10.6. The first-order chi connectivity index (χ1) is 17.6. The first-order valence-electron chi connectivity index (χ1n) is 12.2. The molecular formula is C28H30N4O4. The lowest BCUT2D eigenvalue weighted by molar-refractivity contribution is -0.139. The van der Waals surface area contributed by atoms with Crippen LogP contribution < -0.4 is 15.4 Å². The molecule has 2 aliphatic rings. The Labute approximate surface area is 210 Å². The second kappa shape index (κ2) is 10.3. The molecule has 0 radical (unpaired) electrons. The zero-order chi connectivity index (χ0) is 25.1. The molecule has 0 saturated carbocycles. The van der Waals surface area contributed by atoms with Gasteiger partial charge in [-0.1, -0.05) is 36.4 Å². The van der Waals surface area contributed by atoms with E-state index in [2.05, 4.69) is 51.0 Å². The Morgan fingerprint density at radius 1 is 1.14 bits per heavy atom. The van der Waals surface area contributed by atoms with Crippen LogP contribution in [0.3, 0.4) is 0 Å². The smallest absolute Gasteiger partial charge is 0.338 e. The maximum absolute atomic E-state index is 13.1. The van der Waals surface area contributed by atoms with E-state index in [4.69, 9.17) is 9.47 Å². The fourth-order valence-electron chi connectivity index (χ4n) is 4.90. The van der Waals surface area contributed by atoms with Crippen molar-refractivity contribution in [1.29, 1.82) is 0 Å². The van der Waals surface area contributed by atoms with E-state index in [1.165, 1.54) is 16.5 Å². The molecule has 3 N–H and O–H groups in total. The second-order valence-electron chi connectivity index (χ2n) is 8.88. The number of esters is 1. The molecule has 3 heterocycles. The van der Waals surface area contributed by atoms with Crippen LogP contribution in [0.1, 0.15) is 30.5 Å². The van der Waals surface area contributed by atoms with Crippen molar-refractivity contribution >= 4 is 28.5 Å². The van der Waals surface area contributed by atoms with E-state index in [1.54, 1.807) is 14.0 Å². The van der Waals surface area contributed by atoms with E-state index in [-0.39, 0.29) is 12.6 Å². The highest BCUT2D eigenvalue weighted by Gasteiger charge is 2.34. The zero-order valence-electron chi connectivity index (χ0n) is 20.5. The van der Waals surface area contributed by atoms with Crippen molar-refractivity contribution in [2.75, 3.05) is 33.4 Å². The predicted molar refractivity (Wildman–Crippen MR) is 138 cm³/mol. The Morgan fingerprint density at radius 3 is 2.67 bits per heavy atom. The predicted octanol–water partition coefficient (Wildman–Crippen LogP) is 4.14. The van der Waals surface area contributed by atoms with E-state index in [9.17, 15) is 9.59 Å². The molecule has 0 spiro atoms. The van der Waals surface area contributed by atoms with E-state index < -0.39 is 12.0 Å². The first-order valence-corrected chi connectivity index (χ1v) is 12.2. The number of carbonyl (C=O) groups is 2. The lowest BCUT2D eigenvalue weighted by Gasteiger charge is -2.33. The van der Waals surface area contributed by atoms with Gasteiger partial charge in [0.25, 0.3) is 0 Å². The van der Waals surface area contributed by atoms with Gasteiger partial charge < -0.3 is 25.1 Å². The molecule has 0 unspecified atom stereocenters. The van der Waals surface area contributed by atoms with Crippen molar-refractivity contribution in [3.63, 3.8) is 0 Å². The summed E-state index contributed by atoms with van der Waals surface area (Å²) in [5, 5.41) is 6.98. The number of hydrogen-bond donors (Lipinski definition) is 3. The van der Waals surface area contributed by atoms with Gasteiger partial charge in [-0.05, 0) is 42.7 Å². The van der Waals surface area contributed by atoms with Crippen LogP contribution in [-0.4, -0.2) is 55.2 Å². The fourth-order valence-corrected chi connectivity index (χ4v) is 4.90. The lowest BCUT2D eigenvalue weighted by atomic mass is 9.94. The summed E-state index contributed by atoms with van der Waals surface area (Å²) in [6, 6.07) is 14.7. The Balaban J connectivity index is 1.41. The van der Waals surface area contributed by atoms with Crippen molar-refractivity contribution in [2.24, 2.45) is 0 Å². The minimum Gasteiger partial charge on any atom is -0.497 e. The number of nitrogens with one attached hydrogen (secondary N) is 3. The number of nitrogens with zero attached hydrogens (tertiary/aromatic N) is 1. The van der Waals surface area contributed by atoms with Crippen molar-refractivity contribution in [1.82, 2.24) is 20.5 Å². The molecule has 0 saturated heterocycles. The maximum atomic E-state index is 13.1. The first kappa shape index (κ1) is 23.7. The van der Waals surface area contributed by atoms with Gasteiger partial charge in [0.05, 0.1) is 25.3 Å². The third-order valence-electron chi connectivity index (χ3n) is 6.71. The van der Waals surface area contributed by atoms with Crippen molar-refractivity contribution in [3.8, 4) is 5.75 Å². The Hall–Kier alpha value is -4.04. The van der Waals surface area contributed by atoms with Crippen molar-refractivity contribution < 1.29 is 19.1 Å². The zero-order valence-corrected chi connectivity index (χ0v) is 20.5. The van der Waals surface area contributed by atoms with E-state index >= 15 is 0 Å². The fraction of sp³-hybridized carbons (Fsp3) is 0.286. The number of methoxy groups -OCH3 is 1. The van der Waals surface area contributed by atoms with Gasteiger partial charge in [-0.2, -0.15) is 0 Å². The second-order valence-corrected chi connectivity index (χ2v) is 8.88. The molecule has 2 aromatic carbocycles. The van der Waals surface area contributed by atoms with Crippen LogP contribution in [0.5, 0.6) is 5.75 Å². The van der Waals surface area contributed by atoms with Gasteiger partial charge in [0.2, 0.25) is 0 Å². The number of hydrogen-bond acceptors (Lipinski definition) is 5. The molecule has 8 nitrogen and oxygen atoms in total. The van der Waals surface area contributed by atoms with Crippen LogP contribution in [0, 0.1) is 0 Å². The van der Waals surface area contributed by atoms with Crippen LogP contribution in [0.4, 0.5) is 4.79 Å². The number of para-hydroxylation sites is 1. The summed E-state index contributed by atoms with van der Waals surface area (Å²) in [7, 11) is 1.60. The summed E-state index contributed by atoms with van der Waals surface area (Å²) in [4.78, 5) is 31.3. The topological polar surface area (TPSA) is 95.7 Å². The molecule has 186 valence electrons. The number of benzene rings is 2. The third-order valence-corrected chi connectivity index (χ3v) is 6.71. The number of amides is 2. The molecule has 8 heteroatoms. The van der Waals surface area contributed by atoms with Crippen LogP contribution in [-0.2, 0) is 9.53 Å². The molecular weight excluding hydrogens is 456 g/mol. The molecule has 2 amide bonds. The van der Waals surface area contributed by atoms with Crippen molar-refractivity contribution in [2.45, 2.75) is 19.4 Å². The Kier molecular flexibility index (Phi) is 6.77. The molecule has 1 aromatic heterocycles. The van der Waals surface area contributed by atoms with Gasteiger partial charge in [0, 0.05) is 48.0 Å². The highest BCUT2D eigenvalue weighted by molar-refractivity contribution is 5.95. The lowest BCUT2D eigenvalue weighted by Crippen LogP contribution is -2.48. The molecule has 0 bridgehead atoms. The molecule has 0 aliphatic carbocycles. The number of fused-ring (bicyclic) bond motifs is 1. The third kappa shape index (κ3) is 4.72. The highest BCUT2D eigenvalue weighted by atomic mass is 16.5. The number of rotatable bonds is 7. The van der Waals surface area contributed by atoms with Crippen LogP contribution in [0.25, 0.3) is 16.5 Å². The Bertz CT molecular complexity index is 1340. The monoisotopic (exact) mass is 486 g/mol. The van der Waals surface area contributed by atoms with E-state index in [0.29, 0.717) is 30.1 Å². The Morgan fingerprint density at radius 2 is 1.94 bits per heavy atom. The maximum Gasteiger partial charge on any atom is 0.338 e. The number of carbonyl (C=O) groups excluding carboxylic acids is 2. The number of ether oxygens (including phenoxy) is 2. The summed E-state index contributed by atoms with van der Waals surface area (Å²) in [5.41, 5.74) is 5.43. The molecule has 1 atom stereocenters. The van der Waals surface area contributed by atoms with Gasteiger partial charge in [-0.3, -0.25) is 4.90 Å². The van der Waals surface area contributed by atoms with Gasteiger partial charge in [0.1, 0.15) is 5.75 Å². The average molecular weight is 487 g/mol. The van der Waals surface area contributed by atoms with Gasteiger partial charge in [-0.15, -0.1) is 0 Å². The molecule has 5 rings (SSSR count). The summed E-state index contributed by atoms with van der Waals surface area (Å²) in [6.07, 6.45) is 5.17. The normalized spacial score (nSPS) is 18.4. The minimum absolute atomic E-state index is 0.249. The summed E-state index contributed by atoms with van der Waals surface area (Å²) >= 11 is 0. The van der Waals surface area contributed by atoms with Crippen molar-refractivity contribution in [3.05, 3.63) is 83.2 Å². The number of aromatic amines is 1. The molecule has 2 aliphatic heterocycles. The van der Waals surface area contributed by atoms with Gasteiger partial charge >= 0.3 is 12.0 Å². The minimum atomic E-state index is -0.610. The quantitative estimate of drug-likeness (QED) is 0.437. The van der Waals surface area contributed by atoms with Crippen LogP contribution in [0.15, 0.2) is 72.1 Å². The van der Waals surface area contributed by atoms with E-state index in [1.807, 2.05) is 30.3 Å². The highest BCUT2D eigenvalue weighted by Crippen LogP contribution is 2.32. The number of aromatic nitrogens is 1. The summed E-state index contributed by atoms with van der Waals surface area (Å²) in [5.74, 6) is 0.264. The standard InChI is InChI=1S/C28H30N4O4/c1-3-36-27(33)25-24(30-28(34)31-26(25)19-8-10-20(35-2)11-9-19)17-32-14-12-18(13-15-32)22-16-29-23-7-5-4-6-21(22)23/h4-12,16,26,29H,3,13-15,17H2,1-2H3,(H2,30,31,34)/t26-/m0/s1. The molecule has 3 aromatic rings.